The number of hydrogen-bond acceptors (Lipinski definition) is 5. The normalized spacial score (nSPS) is 29.8. The van der Waals surface area contributed by atoms with E-state index in [1.54, 1.807) is 23.1 Å². The van der Waals surface area contributed by atoms with Gasteiger partial charge in [0.05, 0.1) is 23.4 Å². The maximum Gasteiger partial charge on any atom is 0.316 e. The first-order valence-electron chi connectivity index (χ1n) is 12.0. The van der Waals surface area contributed by atoms with Gasteiger partial charge in [0.25, 0.3) is 0 Å². The fourth-order valence-corrected chi connectivity index (χ4v) is 6.51. The fourth-order valence-electron chi connectivity index (χ4n) is 6.51. The third kappa shape index (κ3) is 3.17. The Morgan fingerprint density at radius 3 is 2.26 bits per heavy atom. The Kier molecular flexibility index (Phi) is 4.83. The SMILES string of the molecule is Cc1cc(OC(=O)[C@@H]2CC(=O)N(c3ccccc3)C2)ccc1N1C(=O)[C@@H]2[C@@H]3CC[C@@H](C3)[C@@H]2C1=O. The Hall–Kier alpha value is -3.48. The smallest absolute Gasteiger partial charge is 0.316 e. The monoisotopic (exact) mass is 458 g/mol. The van der Waals surface area contributed by atoms with E-state index in [9.17, 15) is 19.2 Å². The number of imide groups is 1. The van der Waals surface area contributed by atoms with Crippen LogP contribution in [0.15, 0.2) is 48.5 Å². The highest BCUT2D eigenvalue weighted by atomic mass is 16.5. The molecule has 4 fully saturated rings. The summed E-state index contributed by atoms with van der Waals surface area (Å²) in [5, 5.41) is 0. The number of rotatable bonds is 4. The molecular formula is C27H26N2O5. The van der Waals surface area contributed by atoms with E-state index in [-0.39, 0.29) is 42.5 Å². The van der Waals surface area contributed by atoms with Crippen LogP contribution in [-0.4, -0.2) is 30.2 Å². The largest absolute Gasteiger partial charge is 0.426 e. The molecule has 2 saturated heterocycles. The van der Waals surface area contributed by atoms with E-state index >= 15 is 0 Å². The molecule has 4 aliphatic rings. The Bertz CT molecular complexity index is 1180. The summed E-state index contributed by atoms with van der Waals surface area (Å²) in [5.74, 6) is -0.612. The highest BCUT2D eigenvalue weighted by Gasteiger charge is 2.61. The van der Waals surface area contributed by atoms with Gasteiger partial charge < -0.3 is 9.64 Å². The van der Waals surface area contributed by atoms with Gasteiger partial charge in [0, 0.05) is 18.7 Å². The van der Waals surface area contributed by atoms with Gasteiger partial charge >= 0.3 is 5.97 Å². The van der Waals surface area contributed by atoms with Crippen LogP contribution in [0.3, 0.4) is 0 Å². The van der Waals surface area contributed by atoms with E-state index in [2.05, 4.69) is 0 Å². The highest BCUT2D eigenvalue weighted by molar-refractivity contribution is 6.23. The topological polar surface area (TPSA) is 84.0 Å². The van der Waals surface area contributed by atoms with Crippen LogP contribution in [0.25, 0.3) is 0 Å². The van der Waals surface area contributed by atoms with Crippen molar-refractivity contribution < 1.29 is 23.9 Å². The van der Waals surface area contributed by atoms with Crippen LogP contribution >= 0.6 is 0 Å². The van der Waals surface area contributed by atoms with Crippen molar-refractivity contribution >= 4 is 35.1 Å². The zero-order valence-corrected chi connectivity index (χ0v) is 19.0. The van der Waals surface area contributed by atoms with Crippen molar-refractivity contribution in [1.82, 2.24) is 0 Å². The van der Waals surface area contributed by atoms with Crippen LogP contribution in [-0.2, 0) is 19.2 Å². The van der Waals surface area contributed by atoms with E-state index in [1.165, 1.54) is 4.90 Å². The minimum absolute atomic E-state index is 0.0829. The number of amides is 3. The second kappa shape index (κ2) is 7.79. The lowest BCUT2D eigenvalue weighted by atomic mass is 9.81. The molecule has 0 N–H and O–H groups in total. The maximum absolute atomic E-state index is 13.1. The molecule has 2 aliphatic carbocycles. The summed E-state index contributed by atoms with van der Waals surface area (Å²) in [6.45, 7) is 2.09. The van der Waals surface area contributed by atoms with E-state index in [0.29, 0.717) is 28.8 Å². The number of ether oxygens (including phenoxy) is 1. The van der Waals surface area contributed by atoms with E-state index in [4.69, 9.17) is 4.74 Å². The predicted octanol–water partition coefficient (Wildman–Crippen LogP) is 3.49. The molecule has 7 heteroatoms. The minimum Gasteiger partial charge on any atom is -0.426 e. The van der Waals surface area contributed by atoms with Crippen LogP contribution < -0.4 is 14.5 Å². The number of fused-ring (bicyclic) bond motifs is 5. The molecule has 7 nitrogen and oxygen atoms in total. The zero-order valence-electron chi connectivity index (χ0n) is 19.0. The molecule has 5 atom stereocenters. The first-order valence-corrected chi connectivity index (χ1v) is 12.0. The first kappa shape index (κ1) is 21.1. The summed E-state index contributed by atoms with van der Waals surface area (Å²) in [7, 11) is 0. The third-order valence-electron chi connectivity index (χ3n) is 8.08. The Labute approximate surface area is 197 Å². The summed E-state index contributed by atoms with van der Waals surface area (Å²) in [4.78, 5) is 54.5. The molecule has 0 unspecified atom stereocenters. The second-order valence-electron chi connectivity index (χ2n) is 10.0. The quantitative estimate of drug-likeness (QED) is 0.398. The van der Waals surface area contributed by atoms with Crippen molar-refractivity contribution in [1.29, 1.82) is 0 Å². The molecule has 2 heterocycles. The van der Waals surface area contributed by atoms with Crippen LogP contribution in [0.1, 0.15) is 31.2 Å². The van der Waals surface area contributed by atoms with Gasteiger partial charge in [-0.1, -0.05) is 18.2 Å². The van der Waals surface area contributed by atoms with Gasteiger partial charge in [0.15, 0.2) is 0 Å². The van der Waals surface area contributed by atoms with Crippen molar-refractivity contribution in [3.63, 3.8) is 0 Å². The van der Waals surface area contributed by atoms with Crippen molar-refractivity contribution in [2.75, 3.05) is 16.3 Å². The molecule has 2 bridgehead atoms. The van der Waals surface area contributed by atoms with E-state index in [1.807, 2.05) is 37.3 Å². The molecular weight excluding hydrogens is 432 g/mol. The highest BCUT2D eigenvalue weighted by Crippen LogP contribution is 2.56. The molecule has 0 spiro atoms. The van der Waals surface area contributed by atoms with Gasteiger partial charge in [-0.2, -0.15) is 0 Å². The van der Waals surface area contributed by atoms with Crippen LogP contribution in [0.2, 0.25) is 0 Å². The third-order valence-corrected chi connectivity index (χ3v) is 8.08. The minimum atomic E-state index is -0.552. The van der Waals surface area contributed by atoms with Gasteiger partial charge in [-0.15, -0.1) is 0 Å². The van der Waals surface area contributed by atoms with Gasteiger partial charge in [0.1, 0.15) is 5.75 Å². The number of carbonyl (C=O) groups excluding carboxylic acids is 4. The van der Waals surface area contributed by atoms with Gasteiger partial charge in [-0.25, -0.2) is 4.90 Å². The molecule has 0 aromatic heterocycles. The summed E-state index contributed by atoms with van der Waals surface area (Å²) < 4.78 is 5.60. The molecule has 3 amide bonds. The molecule has 2 aromatic carbocycles. The second-order valence-corrected chi connectivity index (χ2v) is 10.0. The van der Waals surface area contributed by atoms with Crippen LogP contribution in [0.5, 0.6) is 5.75 Å². The van der Waals surface area contributed by atoms with Gasteiger partial charge in [-0.3, -0.25) is 19.2 Å². The lowest BCUT2D eigenvalue weighted by Crippen LogP contribution is -2.33. The molecule has 2 aromatic rings. The van der Waals surface area contributed by atoms with Crippen molar-refractivity contribution in [3.8, 4) is 5.75 Å². The van der Waals surface area contributed by atoms with E-state index in [0.717, 1.165) is 24.9 Å². The lowest BCUT2D eigenvalue weighted by Gasteiger charge is -2.20. The van der Waals surface area contributed by atoms with Crippen molar-refractivity contribution in [3.05, 3.63) is 54.1 Å². The average molecular weight is 459 g/mol. The number of hydrogen-bond donors (Lipinski definition) is 0. The van der Waals surface area contributed by atoms with Gasteiger partial charge in [0.2, 0.25) is 17.7 Å². The maximum atomic E-state index is 13.1. The summed E-state index contributed by atoms with van der Waals surface area (Å²) in [5.41, 5.74) is 2.03. The Morgan fingerprint density at radius 2 is 1.62 bits per heavy atom. The van der Waals surface area contributed by atoms with E-state index < -0.39 is 11.9 Å². The zero-order chi connectivity index (χ0) is 23.6. The molecule has 2 saturated carbocycles. The Balaban J connectivity index is 1.16. The molecule has 34 heavy (non-hydrogen) atoms. The summed E-state index contributed by atoms with van der Waals surface area (Å²) >= 11 is 0. The number of carbonyl (C=O) groups is 4. The number of anilines is 2. The molecule has 2 aliphatic heterocycles. The van der Waals surface area contributed by atoms with Crippen molar-refractivity contribution in [2.24, 2.45) is 29.6 Å². The Morgan fingerprint density at radius 1 is 0.941 bits per heavy atom. The van der Waals surface area contributed by atoms with Crippen molar-refractivity contribution in [2.45, 2.75) is 32.6 Å². The summed E-state index contributed by atoms with van der Waals surface area (Å²) in [6.07, 6.45) is 3.18. The lowest BCUT2D eigenvalue weighted by molar-refractivity contribution is -0.139. The molecule has 6 rings (SSSR count). The molecule has 174 valence electrons. The van der Waals surface area contributed by atoms with Crippen LogP contribution in [0, 0.1) is 36.5 Å². The summed E-state index contributed by atoms with van der Waals surface area (Å²) in [6, 6.07) is 14.3. The van der Waals surface area contributed by atoms with Crippen LogP contribution in [0.4, 0.5) is 11.4 Å². The number of nitrogens with zero attached hydrogens (tertiary/aromatic N) is 2. The first-order chi connectivity index (χ1) is 16.4. The predicted molar refractivity (Wildman–Crippen MR) is 124 cm³/mol. The number of aryl methyl sites for hydroxylation is 1. The number of para-hydroxylation sites is 1. The van der Waals surface area contributed by atoms with Gasteiger partial charge in [-0.05, 0) is 73.9 Å². The molecule has 0 radical (unpaired) electrons. The fraction of sp³-hybridized carbons (Fsp3) is 0.407. The standard InChI is InChI=1S/C27H26N2O5/c1-15-11-20(34-27(33)18-13-22(30)28(14-18)19-5-3-2-4-6-19)9-10-21(15)29-25(31)23-16-7-8-17(12-16)24(23)26(29)32/h2-6,9-11,16-18,23-24H,7-8,12-14H2,1H3/t16-,17+,18-,23-,24+/m1/s1. The average Bonchev–Trinajstić information content (AvgIpc) is 3.59. The number of esters is 1. The number of benzene rings is 2.